The molecule has 0 spiro atoms. The molecule has 29 heavy (non-hydrogen) atoms. The molecule has 152 valence electrons. The number of rotatable bonds is 6. The highest BCUT2D eigenvalue weighted by Gasteiger charge is 2.19. The lowest BCUT2D eigenvalue weighted by Gasteiger charge is -2.07. The molecule has 0 aliphatic carbocycles. The van der Waals surface area contributed by atoms with Gasteiger partial charge in [0, 0.05) is 12.1 Å². The van der Waals surface area contributed by atoms with Crippen molar-refractivity contribution in [2.75, 3.05) is 0 Å². The molecule has 5 nitrogen and oxygen atoms in total. The van der Waals surface area contributed by atoms with Gasteiger partial charge < -0.3 is 4.57 Å². The topological polar surface area (TPSA) is 68.5 Å². The summed E-state index contributed by atoms with van der Waals surface area (Å²) in [7, 11) is -3.37. The maximum absolute atomic E-state index is 12.7. The Morgan fingerprint density at radius 3 is 2.48 bits per heavy atom. The SMILES string of the molecule is C=CCn1c(=NC(=O)c2ccc(S(=O)(=O)C(C)C)cc2)sc2cc(CC)ccc21. The Balaban J connectivity index is 2.03. The molecule has 1 aromatic heterocycles. The minimum absolute atomic E-state index is 0.208. The molecule has 0 fully saturated rings. The molecule has 0 saturated heterocycles. The van der Waals surface area contributed by atoms with E-state index < -0.39 is 21.0 Å². The highest BCUT2D eigenvalue weighted by Crippen LogP contribution is 2.20. The van der Waals surface area contributed by atoms with Crippen molar-refractivity contribution in [1.82, 2.24) is 4.57 Å². The molecule has 2 aromatic carbocycles. The number of thiazole rings is 1. The van der Waals surface area contributed by atoms with Crippen LogP contribution in [0.15, 0.2) is 65.0 Å². The molecule has 7 heteroatoms. The molecule has 0 aliphatic rings. The van der Waals surface area contributed by atoms with Crippen molar-refractivity contribution in [1.29, 1.82) is 0 Å². The van der Waals surface area contributed by atoms with E-state index in [-0.39, 0.29) is 4.90 Å². The van der Waals surface area contributed by atoms with E-state index in [9.17, 15) is 13.2 Å². The molecule has 3 aromatic rings. The minimum Gasteiger partial charge on any atom is -0.312 e. The zero-order valence-electron chi connectivity index (χ0n) is 16.8. The van der Waals surface area contributed by atoms with Crippen LogP contribution in [0, 0.1) is 0 Å². The third-order valence-corrected chi connectivity index (χ3v) is 7.93. The van der Waals surface area contributed by atoms with Crippen molar-refractivity contribution in [3.63, 3.8) is 0 Å². The summed E-state index contributed by atoms with van der Waals surface area (Å²) in [6, 6.07) is 12.2. The zero-order chi connectivity index (χ0) is 21.2. The molecule has 0 aliphatic heterocycles. The predicted molar refractivity (Wildman–Crippen MR) is 118 cm³/mol. The smallest absolute Gasteiger partial charge is 0.279 e. The van der Waals surface area contributed by atoms with Crippen LogP contribution in [0.5, 0.6) is 0 Å². The number of aromatic nitrogens is 1. The predicted octanol–water partition coefficient (Wildman–Crippen LogP) is 4.37. The monoisotopic (exact) mass is 428 g/mol. The summed E-state index contributed by atoms with van der Waals surface area (Å²) < 4.78 is 27.5. The normalized spacial score (nSPS) is 12.6. The maximum atomic E-state index is 12.7. The van der Waals surface area contributed by atoms with E-state index in [1.54, 1.807) is 19.9 Å². The Morgan fingerprint density at radius 2 is 1.90 bits per heavy atom. The number of allylic oxidation sites excluding steroid dienone is 1. The second kappa shape index (κ2) is 8.47. The summed E-state index contributed by atoms with van der Waals surface area (Å²) in [6.45, 7) is 9.71. The first-order valence-corrected chi connectivity index (χ1v) is 11.8. The van der Waals surface area contributed by atoms with Crippen molar-refractivity contribution in [2.45, 2.75) is 43.9 Å². The standard InChI is InChI=1S/C22H24N2O3S2/c1-5-13-24-19-12-7-16(6-2)14-20(19)28-22(24)23-21(25)17-8-10-18(11-9-17)29(26,27)15(3)4/h5,7-12,14-15H,1,6,13H2,2-4H3. The quantitative estimate of drug-likeness (QED) is 0.547. The van der Waals surface area contributed by atoms with Gasteiger partial charge in [0.2, 0.25) is 0 Å². The number of amides is 1. The Labute approximate surface area is 175 Å². The van der Waals surface area contributed by atoms with Crippen LogP contribution < -0.4 is 4.80 Å². The van der Waals surface area contributed by atoms with E-state index in [0.717, 1.165) is 16.6 Å². The molecule has 0 saturated carbocycles. The van der Waals surface area contributed by atoms with Crippen LogP contribution >= 0.6 is 11.3 Å². The lowest BCUT2D eigenvalue weighted by molar-refractivity contribution is 0.0998. The summed E-state index contributed by atoms with van der Waals surface area (Å²) >= 11 is 1.46. The van der Waals surface area contributed by atoms with Crippen LogP contribution in [-0.4, -0.2) is 24.1 Å². The van der Waals surface area contributed by atoms with Gasteiger partial charge in [0.25, 0.3) is 5.91 Å². The summed E-state index contributed by atoms with van der Waals surface area (Å²) in [5.74, 6) is -0.404. The molecule has 0 bridgehead atoms. The van der Waals surface area contributed by atoms with Crippen molar-refractivity contribution < 1.29 is 13.2 Å². The van der Waals surface area contributed by atoms with E-state index in [0.29, 0.717) is 16.9 Å². The summed E-state index contributed by atoms with van der Waals surface area (Å²) in [4.78, 5) is 17.8. The third-order valence-electron chi connectivity index (χ3n) is 4.71. The zero-order valence-corrected chi connectivity index (χ0v) is 18.4. The van der Waals surface area contributed by atoms with E-state index in [1.807, 2.05) is 10.6 Å². The Morgan fingerprint density at radius 1 is 1.21 bits per heavy atom. The van der Waals surface area contributed by atoms with Gasteiger partial charge in [0.1, 0.15) is 0 Å². The molecule has 0 radical (unpaired) electrons. The Kier molecular flexibility index (Phi) is 6.19. The number of aryl methyl sites for hydroxylation is 1. The summed E-state index contributed by atoms with van der Waals surface area (Å²) in [5.41, 5.74) is 2.59. The van der Waals surface area contributed by atoms with E-state index in [1.165, 1.54) is 41.2 Å². The van der Waals surface area contributed by atoms with Gasteiger partial charge in [-0.15, -0.1) is 6.58 Å². The van der Waals surface area contributed by atoms with Gasteiger partial charge in [-0.05, 0) is 62.2 Å². The fraction of sp³-hybridized carbons (Fsp3) is 0.273. The highest BCUT2D eigenvalue weighted by molar-refractivity contribution is 7.92. The molecule has 0 unspecified atom stereocenters. The van der Waals surface area contributed by atoms with Crippen molar-refractivity contribution in [3.8, 4) is 0 Å². The number of hydrogen-bond donors (Lipinski definition) is 0. The number of hydrogen-bond acceptors (Lipinski definition) is 4. The van der Waals surface area contributed by atoms with Gasteiger partial charge in [-0.25, -0.2) is 8.42 Å². The molecular weight excluding hydrogens is 404 g/mol. The van der Waals surface area contributed by atoms with Crippen LogP contribution in [0.25, 0.3) is 10.2 Å². The summed E-state index contributed by atoms with van der Waals surface area (Å²) in [5, 5.41) is -0.516. The molecule has 1 heterocycles. The highest BCUT2D eigenvalue weighted by atomic mass is 32.2. The fourth-order valence-electron chi connectivity index (χ4n) is 2.94. The first-order chi connectivity index (χ1) is 13.8. The van der Waals surface area contributed by atoms with Crippen LogP contribution in [0.1, 0.15) is 36.7 Å². The first kappa shape index (κ1) is 21.2. The first-order valence-electron chi connectivity index (χ1n) is 9.44. The number of carbonyl (C=O) groups is 1. The van der Waals surface area contributed by atoms with Gasteiger partial charge >= 0.3 is 0 Å². The lowest BCUT2D eigenvalue weighted by Crippen LogP contribution is -2.16. The largest absolute Gasteiger partial charge is 0.312 e. The number of benzene rings is 2. The van der Waals surface area contributed by atoms with Crippen molar-refractivity contribution in [3.05, 3.63) is 71.0 Å². The molecular formula is C22H24N2O3S2. The maximum Gasteiger partial charge on any atom is 0.279 e. The summed E-state index contributed by atoms with van der Waals surface area (Å²) in [6.07, 6.45) is 2.71. The van der Waals surface area contributed by atoms with Crippen LogP contribution in [0.4, 0.5) is 0 Å². The van der Waals surface area contributed by atoms with Gasteiger partial charge in [0.05, 0.1) is 20.4 Å². The third kappa shape index (κ3) is 4.26. The average Bonchev–Trinajstić information content (AvgIpc) is 3.04. The molecule has 1 amide bonds. The van der Waals surface area contributed by atoms with Gasteiger partial charge in [-0.2, -0.15) is 4.99 Å². The Hall–Kier alpha value is -2.51. The van der Waals surface area contributed by atoms with E-state index in [4.69, 9.17) is 0 Å². The molecule has 0 N–H and O–H groups in total. The number of carbonyl (C=O) groups excluding carboxylic acids is 1. The van der Waals surface area contributed by atoms with Gasteiger partial charge in [0.15, 0.2) is 14.6 Å². The minimum atomic E-state index is -3.37. The van der Waals surface area contributed by atoms with E-state index in [2.05, 4.69) is 30.6 Å². The number of fused-ring (bicyclic) bond motifs is 1. The fourth-order valence-corrected chi connectivity index (χ4v) is 5.10. The van der Waals surface area contributed by atoms with Gasteiger partial charge in [-0.1, -0.05) is 30.4 Å². The van der Waals surface area contributed by atoms with Gasteiger partial charge in [-0.3, -0.25) is 4.79 Å². The number of sulfone groups is 1. The van der Waals surface area contributed by atoms with Crippen molar-refractivity contribution >= 4 is 37.3 Å². The van der Waals surface area contributed by atoms with E-state index >= 15 is 0 Å². The Bertz CT molecular complexity index is 1230. The molecule has 3 rings (SSSR count). The molecule has 0 atom stereocenters. The van der Waals surface area contributed by atoms with Crippen LogP contribution in [-0.2, 0) is 22.8 Å². The second-order valence-corrected chi connectivity index (χ2v) is 10.5. The van der Waals surface area contributed by atoms with Crippen LogP contribution in [0.2, 0.25) is 0 Å². The van der Waals surface area contributed by atoms with Crippen LogP contribution in [0.3, 0.4) is 0 Å². The second-order valence-electron chi connectivity index (χ2n) is 6.97. The lowest BCUT2D eigenvalue weighted by atomic mass is 10.2. The van der Waals surface area contributed by atoms with Crippen molar-refractivity contribution in [2.24, 2.45) is 4.99 Å². The number of nitrogens with zero attached hydrogens (tertiary/aromatic N) is 2. The average molecular weight is 429 g/mol.